The SMILES string of the molecule is C=C(C)C(=O)OCCCCCCCCCCCOc1ccc(C#CC(=O)Oc2ccc(OC(=O)C3CCC(OCCCCCCC)CC3)cc2)cc1. The summed E-state index contributed by atoms with van der Waals surface area (Å²) in [6, 6.07) is 13.8. The molecule has 0 saturated heterocycles. The second kappa shape index (κ2) is 25.8. The zero-order valence-electron chi connectivity index (χ0n) is 31.6. The van der Waals surface area contributed by atoms with E-state index in [1.54, 1.807) is 31.2 Å². The lowest BCUT2D eigenvalue weighted by atomic mass is 9.87. The molecule has 0 bridgehead atoms. The maximum Gasteiger partial charge on any atom is 0.390 e. The third kappa shape index (κ3) is 18.4. The van der Waals surface area contributed by atoms with Gasteiger partial charge in [0, 0.05) is 23.7 Å². The van der Waals surface area contributed by atoms with Gasteiger partial charge in [-0.25, -0.2) is 9.59 Å². The zero-order chi connectivity index (χ0) is 37.2. The average molecular weight is 717 g/mol. The maximum atomic E-state index is 12.7. The lowest BCUT2D eigenvalue weighted by Crippen LogP contribution is -2.29. The molecule has 0 aromatic heterocycles. The molecule has 0 heterocycles. The molecular formula is C44H60O8. The number of benzene rings is 2. The van der Waals surface area contributed by atoms with Crippen LogP contribution in [-0.2, 0) is 23.9 Å². The normalized spacial score (nSPS) is 15.2. The number of hydrogen-bond donors (Lipinski definition) is 0. The van der Waals surface area contributed by atoms with Crippen molar-refractivity contribution >= 4 is 17.9 Å². The van der Waals surface area contributed by atoms with E-state index in [9.17, 15) is 14.4 Å². The Hall–Kier alpha value is -4.09. The Morgan fingerprint density at radius 3 is 1.77 bits per heavy atom. The Labute approximate surface area is 312 Å². The Morgan fingerprint density at radius 2 is 1.17 bits per heavy atom. The van der Waals surface area contributed by atoms with Crippen molar-refractivity contribution in [1.82, 2.24) is 0 Å². The molecule has 2 aromatic carbocycles. The van der Waals surface area contributed by atoms with Gasteiger partial charge in [-0.1, -0.05) is 90.1 Å². The van der Waals surface area contributed by atoms with Crippen LogP contribution in [-0.4, -0.2) is 43.8 Å². The molecule has 1 aliphatic carbocycles. The summed E-state index contributed by atoms with van der Waals surface area (Å²) in [4.78, 5) is 36.4. The molecule has 3 rings (SSSR count). The highest BCUT2D eigenvalue weighted by molar-refractivity contribution is 5.91. The molecule has 0 aliphatic heterocycles. The van der Waals surface area contributed by atoms with Crippen molar-refractivity contribution in [3.63, 3.8) is 0 Å². The molecular weight excluding hydrogens is 656 g/mol. The van der Waals surface area contributed by atoms with Crippen LogP contribution in [0.15, 0.2) is 60.7 Å². The summed E-state index contributed by atoms with van der Waals surface area (Å²) in [6.45, 7) is 9.41. The van der Waals surface area contributed by atoms with Gasteiger partial charge in [-0.15, -0.1) is 0 Å². The lowest BCUT2D eigenvalue weighted by molar-refractivity contribution is -0.141. The minimum atomic E-state index is -0.674. The molecule has 0 atom stereocenters. The summed E-state index contributed by atoms with van der Waals surface area (Å²) >= 11 is 0. The minimum absolute atomic E-state index is 0.125. The van der Waals surface area contributed by atoms with Crippen LogP contribution in [0.1, 0.15) is 135 Å². The van der Waals surface area contributed by atoms with Gasteiger partial charge in [0.15, 0.2) is 0 Å². The largest absolute Gasteiger partial charge is 0.494 e. The van der Waals surface area contributed by atoms with Gasteiger partial charge in [0.25, 0.3) is 0 Å². The van der Waals surface area contributed by atoms with E-state index in [1.165, 1.54) is 57.8 Å². The van der Waals surface area contributed by atoms with Crippen molar-refractivity contribution in [1.29, 1.82) is 0 Å². The van der Waals surface area contributed by atoms with Gasteiger partial charge in [-0.2, -0.15) is 0 Å². The molecule has 1 fully saturated rings. The number of unbranched alkanes of at least 4 members (excludes halogenated alkanes) is 12. The van der Waals surface area contributed by atoms with Crippen molar-refractivity contribution in [2.45, 2.75) is 136 Å². The minimum Gasteiger partial charge on any atom is -0.494 e. The molecule has 52 heavy (non-hydrogen) atoms. The third-order valence-electron chi connectivity index (χ3n) is 9.16. The van der Waals surface area contributed by atoms with Gasteiger partial charge >= 0.3 is 17.9 Å². The van der Waals surface area contributed by atoms with E-state index in [0.29, 0.717) is 35.8 Å². The van der Waals surface area contributed by atoms with Crippen molar-refractivity contribution in [3.8, 4) is 29.1 Å². The first-order chi connectivity index (χ1) is 25.3. The van der Waals surface area contributed by atoms with E-state index >= 15 is 0 Å². The summed E-state index contributed by atoms with van der Waals surface area (Å²) in [5, 5.41) is 0. The number of ether oxygens (including phenoxy) is 5. The summed E-state index contributed by atoms with van der Waals surface area (Å²) in [6.07, 6.45) is 19.8. The van der Waals surface area contributed by atoms with E-state index in [1.807, 2.05) is 24.3 Å². The van der Waals surface area contributed by atoms with E-state index in [2.05, 4.69) is 25.3 Å². The molecule has 0 spiro atoms. The quantitative estimate of drug-likeness (QED) is 0.0348. The Balaban J connectivity index is 1.22. The van der Waals surface area contributed by atoms with Crippen LogP contribution in [0.2, 0.25) is 0 Å². The monoisotopic (exact) mass is 716 g/mol. The summed E-state index contributed by atoms with van der Waals surface area (Å²) < 4.78 is 27.9. The van der Waals surface area contributed by atoms with E-state index in [0.717, 1.165) is 70.1 Å². The van der Waals surface area contributed by atoms with Gasteiger partial charge in [0.2, 0.25) is 0 Å². The molecule has 1 saturated carbocycles. The highest BCUT2D eigenvalue weighted by Crippen LogP contribution is 2.29. The molecule has 2 aromatic rings. The van der Waals surface area contributed by atoms with Crippen LogP contribution in [0, 0.1) is 17.8 Å². The highest BCUT2D eigenvalue weighted by atomic mass is 16.5. The van der Waals surface area contributed by atoms with Crippen molar-refractivity contribution < 1.29 is 38.1 Å². The first-order valence-corrected chi connectivity index (χ1v) is 19.6. The van der Waals surface area contributed by atoms with Gasteiger partial charge in [0.05, 0.1) is 25.2 Å². The molecule has 0 unspecified atom stereocenters. The fourth-order valence-corrected chi connectivity index (χ4v) is 6.01. The standard InChI is InChI=1S/C44H60O8/c1-4-5-6-12-15-32-49-39-25-21-37(22-26-39)44(47)52-41-29-27-40(28-30-41)51-42(45)31-20-36-18-23-38(24-19-36)48-33-16-13-10-8-7-9-11-14-17-34-50-43(46)35(2)3/h18-19,23-24,27-30,37,39H,2,4-17,21-22,25-26,32-34H2,1,3H3. The predicted molar refractivity (Wildman–Crippen MR) is 204 cm³/mol. The van der Waals surface area contributed by atoms with E-state index in [4.69, 9.17) is 23.7 Å². The second-order valence-corrected chi connectivity index (χ2v) is 13.8. The van der Waals surface area contributed by atoms with Crippen LogP contribution in [0.25, 0.3) is 0 Å². The highest BCUT2D eigenvalue weighted by Gasteiger charge is 2.28. The fraction of sp³-hybridized carbons (Fsp3) is 0.568. The number of hydrogen-bond acceptors (Lipinski definition) is 8. The second-order valence-electron chi connectivity index (χ2n) is 13.8. The van der Waals surface area contributed by atoms with Gasteiger partial charge in [-0.3, -0.25) is 4.79 Å². The molecule has 8 heteroatoms. The molecule has 0 N–H and O–H groups in total. The van der Waals surface area contributed by atoms with E-state index < -0.39 is 5.97 Å². The fourth-order valence-electron chi connectivity index (χ4n) is 6.01. The Morgan fingerprint density at radius 1 is 0.654 bits per heavy atom. The van der Waals surface area contributed by atoms with Gasteiger partial charge in [0.1, 0.15) is 17.2 Å². The smallest absolute Gasteiger partial charge is 0.390 e. The summed E-state index contributed by atoms with van der Waals surface area (Å²) in [5.41, 5.74) is 1.13. The average Bonchev–Trinajstić information content (AvgIpc) is 3.15. The topological polar surface area (TPSA) is 97.4 Å². The lowest BCUT2D eigenvalue weighted by Gasteiger charge is -2.27. The van der Waals surface area contributed by atoms with Crippen LogP contribution in [0.4, 0.5) is 0 Å². The van der Waals surface area contributed by atoms with E-state index in [-0.39, 0.29) is 24.0 Å². The molecule has 0 radical (unpaired) electrons. The molecule has 1 aliphatic rings. The summed E-state index contributed by atoms with van der Waals surface area (Å²) in [5.74, 6) is 5.54. The molecule has 284 valence electrons. The van der Waals surface area contributed by atoms with Crippen molar-refractivity contribution in [3.05, 3.63) is 66.2 Å². The first-order valence-electron chi connectivity index (χ1n) is 19.6. The van der Waals surface area contributed by atoms with Crippen molar-refractivity contribution in [2.75, 3.05) is 19.8 Å². The Bertz CT molecular complexity index is 1390. The van der Waals surface area contributed by atoms with Crippen LogP contribution < -0.4 is 14.2 Å². The van der Waals surface area contributed by atoms with Gasteiger partial charge in [-0.05, 0) is 100 Å². The van der Waals surface area contributed by atoms with Gasteiger partial charge < -0.3 is 23.7 Å². The predicted octanol–water partition coefficient (Wildman–Crippen LogP) is 10.1. The number of esters is 3. The molecule has 8 nitrogen and oxygen atoms in total. The number of rotatable bonds is 24. The summed E-state index contributed by atoms with van der Waals surface area (Å²) in [7, 11) is 0. The van der Waals surface area contributed by atoms with Crippen LogP contribution in [0.5, 0.6) is 17.2 Å². The Kier molecular flexibility index (Phi) is 21.0. The number of carbonyl (C=O) groups excluding carboxylic acids is 3. The zero-order valence-corrected chi connectivity index (χ0v) is 31.6. The first kappa shape index (κ1) is 42.3. The third-order valence-corrected chi connectivity index (χ3v) is 9.16. The van der Waals surface area contributed by atoms with Crippen molar-refractivity contribution in [2.24, 2.45) is 5.92 Å². The van der Waals surface area contributed by atoms with Crippen LogP contribution in [0.3, 0.4) is 0 Å². The van der Waals surface area contributed by atoms with Crippen LogP contribution >= 0.6 is 0 Å². The molecule has 0 amide bonds. The maximum absolute atomic E-state index is 12.7. The number of carbonyl (C=O) groups is 3.